The van der Waals surface area contributed by atoms with E-state index in [4.69, 9.17) is 21.1 Å². The number of halogens is 1. The van der Waals surface area contributed by atoms with E-state index in [-0.39, 0.29) is 6.61 Å². The van der Waals surface area contributed by atoms with Crippen LogP contribution in [0.5, 0.6) is 0 Å². The zero-order chi connectivity index (χ0) is 27.9. The van der Waals surface area contributed by atoms with Crippen LogP contribution in [0.15, 0.2) is 24.8 Å². The lowest BCUT2D eigenvalue weighted by molar-refractivity contribution is 0.0903. The largest absolute Gasteiger partial charge is 0.392 e. The molecule has 0 radical (unpaired) electrons. The average Bonchev–Trinajstić information content (AvgIpc) is 3.63. The van der Waals surface area contributed by atoms with Crippen molar-refractivity contribution < 1.29 is 14.6 Å². The summed E-state index contributed by atoms with van der Waals surface area (Å²) in [6, 6.07) is 0.811. The summed E-state index contributed by atoms with van der Waals surface area (Å²) in [5.74, 6) is 0.450. The summed E-state index contributed by atoms with van der Waals surface area (Å²) in [7, 11) is 0. The first kappa shape index (κ1) is 28.5. The number of aliphatic hydroxyl groups excluding tert-OH is 1. The van der Waals surface area contributed by atoms with Gasteiger partial charge in [0.15, 0.2) is 11.3 Å². The van der Waals surface area contributed by atoms with Gasteiger partial charge < -0.3 is 25.2 Å². The summed E-state index contributed by atoms with van der Waals surface area (Å²) in [5.41, 5.74) is 5.66. The number of hydrogen-bond donors (Lipinski definition) is 3. The van der Waals surface area contributed by atoms with Crippen molar-refractivity contribution in [2.45, 2.75) is 77.2 Å². The second-order valence-electron chi connectivity index (χ2n) is 10.1. The van der Waals surface area contributed by atoms with Crippen LogP contribution in [0, 0.1) is 0 Å². The monoisotopic (exact) mass is 570 g/mol. The van der Waals surface area contributed by atoms with Crippen molar-refractivity contribution in [2.24, 2.45) is 0 Å². The van der Waals surface area contributed by atoms with E-state index in [1.165, 1.54) is 0 Å². The van der Waals surface area contributed by atoms with Gasteiger partial charge in [0.2, 0.25) is 0 Å². The normalized spacial score (nSPS) is 16.7. The number of aryl methyl sites for hydroxylation is 2. The van der Waals surface area contributed by atoms with Gasteiger partial charge in [0.1, 0.15) is 0 Å². The van der Waals surface area contributed by atoms with E-state index in [1.54, 1.807) is 6.20 Å². The third-order valence-corrected chi connectivity index (χ3v) is 7.83. The van der Waals surface area contributed by atoms with Crippen LogP contribution in [0.25, 0.3) is 22.1 Å². The van der Waals surface area contributed by atoms with Crippen LogP contribution >= 0.6 is 11.6 Å². The number of aliphatic hydroxyl groups is 1. The fourth-order valence-electron chi connectivity index (χ4n) is 5.25. The number of nitrogens with zero attached hydrogens (tertiary/aromatic N) is 6. The van der Waals surface area contributed by atoms with Crippen LogP contribution in [0.4, 0.5) is 11.4 Å². The molecule has 216 valence electrons. The Morgan fingerprint density at radius 1 is 0.775 bits per heavy atom. The van der Waals surface area contributed by atoms with E-state index >= 15 is 0 Å². The van der Waals surface area contributed by atoms with Gasteiger partial charge in [-0.1, -0.05) is 0 Å². The number of hydrogen-bond acceptors (Lipinski definition) is 9. The summed E-state index contributed by atoms with van der Waals surface area (Å²) in [6.45, 7) is 8.88. The van der Waals surface area contributed by atoms with Gasteiger partial charge in [0.25, 0.3) is 0 Å². The third-order valence-electron chi connectivity index (χ3n) is 7.54. The number of anilines is 2. The fraction of sp³-hybridized carbons (Fsp3) is 0.571. The van der Waals surface area contributed by atoms with Crippen LogP contribution in [0.3, 0.4) is 0 Å². The number of aromatic nitrogens is 6. The topological polar surface area (TPSA) is 124 Å². The van der Waals surface area contributed by atoms with Crippen LogP contribution in [-0.4, -0.2) is 73.1 Å². The second kappa shape index (κ2) is 13.6. The summed E-state index contributed by atoms with van der Waals surface area (Å²) < 4.78 is 14.6. The molecular formula is C28H39ClN8O3. The number of ether oxygens (including phenoxy) is 2. The second-order valence-corrected chi connectivity index (χ2v) is 10.3. The Bertz CT molecular complexity index is 1290. The molecule has 0 bridgehead atoms. The minimum Gasteiger partial charge on any atom is -0.392 e. The minimum atomic E-state index is -0.0220. The summed E-state index contributed by atoms with van der Waals surface area (Å²) in [6.07, 6.45) is 11.3. The zero-order valence-electron chi connectivity index (χ0n) is 23.3. The molecule has 6 rings (SSSR count). The lowest BCUT2D eigenvalue weighted by Gasteiger charge is -2.25. The Balaban J connectivity index is 0.000000161. The van der Waals surface area contributed by atoms with Crippen molar-refractivity contribution in [3.05, 3.63) is 35.9 Å². The van der Waals surface area contributed by atoms with E-state index in [0.29, 0.717) is 18.0 Å². The molecule has 0 saturated carbocycles. The Labute approximate surface area is 239 Å². The first-order chi connectivity index (χ1) is 19.7. The molecule has 0 aliphatic carbocycles. The highest BCUT2D eigenvalue weighted by Crippen LogP contribution is 2.30. The van der Waals surface area contributed by atoms with Crippen LogP contribution in [0.2, 0.25) is 0 Å². The third kappa shape index (κ3) is 6.17. The summed E-state index contributed by atoms with van der Waals surface area (Å²) in [4.78, 5) is 8.90. The van der Waals surface area contributed by atoms with Crippen molar-refractivity contribution in [1.29, 1.82) is 0 Å². The SMILES string of the molecule is CCn1ncc2c(NC3CCOCC3)c(CCl)cnc21.CCn1ncc2c(NC3CCOCC3)c(CO)cnc21. The maximum absolute atomic E-state index is 9.54. The van der Waals surface area contributed by atoms with Crippen molar-refractivity contribution in [3.63, 3.8) is 0 Å². The van der Waals surface area contributed by atoms with Crippen LogP contribution in [-0.2, 0) is 35.1 Å². The fourth-order valence-corrected chi connectivity index (χ4v) is 5.46. The molecule has 11 nitrogen and oxygen atoms in total. The lowest BCUT2D eigenvalue weighted by atomic mass is 10.1. The number of pyridine rings is 2. The molecule has 0 amide bonds. The van der Waals surface area contributed by atoms with Gasteiger partial charge in [-0.3, -0.25) is 0 Å². The molecule has 0 aromatic carbocycles. The zero-order valence-corrected chi connectivity index (χ0v) is 24.0. The molecule has 4 aromatic rings. The molecule has 2 saturated heterocycles. The number of alkyl halides is 1. The Morgan fingerprint density at radius 2 is 1.23 bits per heavy atom. The predicted molar refractivity (Wildman–Crippen MR) is 157 cm³/mol. The van der Waals surface area contributed by atoms with Gasteiger partial charge in [-0.15, -0.1) is 11.6 Å². The highest BCUT2D eigenvalue weighted by atomic mass is 35.5. The summed E-state index contributed by atoms with van der Waals surface area (Å²) in [5, 5.41) is 27.5. The smallest absolute Gasteiger partial charge is 0.159 e. The van der Waals surface area contributed by atoms with E-state index in [0.717, 1.165) is 110 Å². The Kier molecular flexibility index (Phi) is 9.69. The van der Waals surface area contributed by atoms with E-state index in [2.05, 4.69) is 37.7 Å². The predicted octanol–water partition coefficient (Wildman–Crippen LogP) is 4.32. The van der Waals surface area contributed by atoms with Crippen molar-refractivity contribution in [2.75, 3.05) is 37.1 Å². The standard InChI is InChI=1S/C14H19ClN4O.C14H20N4O2/c1-2-19-14-12(9-17-19)13(10(7-15)8-16-14)18-11-3-5-20-6-4-11;1-2-18-14-12(8-16-18)13(10(9-19)7-15-14)17-11-3-5-20-6-4-11/h8-9,11H,2-7H2,1H3,(H,16,18);7-8,11,19H,2-6,9H2,1H3,(H,15,17). The van der Waals surface area contributed by atoms with Gasteiger partial charge in [0, 0.05) is 75.1 Å². The van der Waals surface area contributed by atoms with Crippen LogP contribution < -0.4 is 10.6 Å². The lowest BCUT2D eigenvalue weighted by Crippen LogP contribution is -2.28. The number of rotatable bonds is 8. The molecular weight excluding hydrogens is 532 g/mol. The van der Waals surface area contributed by atoms with E-state index in [1.807, 2.05) is 34.9 Å². The molecule has 40 heavy (non-hydrogen) atoms. The highest BCUT2D eigenvalue weighted by molar-refractivity contribution is 6.17. The Morgan fingerprint density at radius 3 is 1.65 bits per heavy atom. The van der Waals surface area contributed by atoms with Gasteiger partial charge in [-0.05, 0) is 39.5 Å². The molecule has 2 aliphatic rings. The number of nitrogens with one attached hydrogen (secondary N) is 2. The minimum absolute atomic E-state index is 0.0220. The molecule has 12 heteroatoms. The van der Waals surface area contributed by atoms with Crippen molar-refractivity contribution in [1.82, 2.24) is 29.5 Å². The first-order valence-corrected chi connectivity index (χ1v) is 14.7. The average molecular weight is 571 g/mol. The molecule has 0 unspecified atom stereocenters. The van der Waals surface area contributed by atoms with Gasteiger partial charge in [-0.2, -0.15) is 10.2 Å². The molecule has 2 aliphatic heterocycles. The van der Waals surface area contributed by atoms with E-state index < -0.39 is 0 Å². The maximum atomic E-state index is 9.54. The quantitative estimate of drug-likeness (QED) is 0.266. The highest BCUT2D eigenvalue weighted by Gasteiger charge is 2.20. The molecule has 0 atom stereocenters. The van der Waals surface area contributed by atoms with Gasteiger partial charge >= 0.3 is 0 Å². The molecule has 2 fully saturated rings. The Hall–Kier alpha value is -2.99. The first-order valence-electron chi connectivity index (χ1n) is 14.2. The van der Waals surface area contributed by atoms with Crippen LogP contribution in [0.1, 0.15) is 50.7 Å². The number of fused-ring (bicyclic) bond motifs is 2. The van der Waals surface area contributed by atoms with Crippen molar-refractivity contribution >= 4 is 45.0 Å². The van der Waals surface area contributed by atoms with Gasteiger partial charge in [0.05, 0.1) is 47.0 Å². The van der Waals surface area contributed by atoms with E-state index in [9.17, 15) is 5.11 Å². The summed E-state index contributed by atoms with van der Waals surface area (Å²) >= 11 is 6.06. The molecule has 3 N–H and O–H groups in total. The van der Waals surface area contributed by atoms with Crippen molar-refractivity contribution in [3.8, 4) is 0 Å². The molecule has 0 spiro atoms. The van der Waals surface area contributed by atoms with Gasteiger partial charge in [-0.25, -0.2) is 19.3 Å². The molecule has 4 aromatic heterocycles. The molecule has 6 heterocycles. The maximum Gasteiger partial charge on any atom is 0.159 e.